The molecule has 0 aliphatic rings. The predicted octanol–water partition coefficient (Wildman–Crippen LogP) is 2.08. The molecule has 1 aromatic rings. The summed E-state index contributed by atoms with van der Waals surface area (Å²) in [6.07, 6.45) is 0.268. The van der Waals surface area contributed by atoms with Gasteiger partial charge in [-0.1, -0.05) is 0 Å². The van der Waals surface area contributed by atoms with Gasteiger partial charge >= 0.3 is 5.97 Å². The molecule has 0 heterocycles. The number of benzene rings is 1. The summed E-state index contributed by atoms with van der Waals surface area (Å²) >= 11 is 0. The average molecular weight is 264 g/mol. The third-order valence-electron chi connectivity index (χ3n) is 2.62. The zero-order chi connectivity index (χ0) is 14.3. The van der Waals surface area contributed by atoms with Gasteiger partial charge in [0.15, 0.2) is 0 Å². The summed E-state index contributed by atoms with van der Waals surface area (Å²) in [6.45, 7) is 2.95. The maximum absolute atomic E-state index is 13.6. The highest BCUT2D eigenvalue weighted by Crippen LogP contribution is 2.12. The third kappa shape index (κ3) is 5.06. The quantitative estimate of drug-likeness (QED) is 0.738. The zero-order valence-corrected chi connectivity index (χ0v) is 11.1. The lowest BCUT2D eigenvalue weighted by molar-refractivity contribution is -0.143. The van der Waals surface area contributed by atoms with Gasteiger partial charge in [-0.15, -0.1) is 0 Å². The van der Waals surface area contributed by atoms with Crippen LogP contribution in [-0.2, 0) is 16.1 Å². The van der Waals surface area contributed by atoms with Crippen molar-refractivity contribution < 1.29 is 13.9 Å². The van der Waals surface area contributed by atoms with Crippen LogP contribution in [0.3, 0.4) is 0 Å². The second kappa shape index (κ2) is 7.49. The van der Waals surface area contributed by atoms with Gasteiger partial charge in [-0.05, 0) is 32.2 Å². The molecule has 0 aromatic heterocycles. The molecule has 0 saturated heterocycles. The van der Waals surface area contributed by atoms with Crippen molar-refractivity contribution >= 4 is 5.97 Å². The van der Waals surface area contributed by atoms with Crippen LogP contribution in [0.1, 0.15) is 24.5 Å². The van der Waals surface area contributed by atoms with Crippen LogP contribution >= 0.6 is 0 Å². The zero-order valence-electron chi connectivity index (χ0n) is 11.1. The second-order valence-corrected chi connectivity index (χ2v) is 4.21. The Kier molecular flexibility index (Phi) is 5.97. The SMILES string of the molecule is CCOC(=O)CCN(C)Cc1cc(C#N)ccc1F. The van der Waals surface area contributed by atoms with E-state index in [1.807, 2.05) is 11.0 Å². The molecular weight excluding hydrogens is 247 g/mol. The van der Waals surface area contributed by atoms with Crippen LogP contribution in [0, 0.1) is 17.1 Å². The number of nitrogens with zero attached hydrogens (tertiary/aromatic N) is 2. The molecule has 1 rings (SSSR count). The first-order valence-corrected chi connectivity index (χ1v) is 6.09. The molecule has 0 radical (unpaired) electrons. The Morgan fingerprint density at radius 3 is 2.89 bits per heavy atom. The molecule has 1 aromatic carbocycles. The standard InChI is InChI=1S/C14H17FN2O2/c1-3-19-14(18)6-7-17(2)10-12-8-11(9-16)4-5-13(12)15/h4-5,8H,3,6-7,10H2,1-2H3. The van der Waals surface area contributed by atoms with Gasteiger partial charge in [0, 0.05) is 18.7 Å². The summed E-state index contributed by atoms with van der Waals surface area (Å²) < 4.78 is 18.4. The Balaban J connectivity index is 2.55. The number of hydrogen-bond acceptors (Lipinski definition) is 4. The number of halogens is 1. The lowest BCUT2D eigenvalue weighted by atomic mass is 10.1. The molecule has 0 fully saturated rings. The molecule has 0 N–H and O–H groups in total. The summed E-state index contributed by atoms with van der Waals surface area (Å²) in [6, 6.07) is 6.23. The number of carbonyl (C=O) groups is 1. The summed E-state index contributed by atoms with van der Waals surface area (Å²) in [5.74, 6) is -0.609. The van der Waals surface area contributed by atoms with E-state index in [0.29, 0.717) is 30.8 Å². The highest BCUT2D eigenvalue weighted by atomic mass is 19.1. The smallest absolute Gasteiger partial charge is 0.307 e. The van der Waals surface area contributed by atoms with Crippen LogP contribution in [0.4, 0.5) is 4.39 Å². The van der Waals surface area contributed by atoms with Crippen LogP contribution in [0.2, 0.25) is 0 Å². The molecular formula is C14H17FN2O2. The maximum Gasteiger partial charge on any atom is 0.307 e. The Bertz CT molecular complexity index is 483. The van der Waals surface area contributed by atoms with Crippen molar-refractivity contribution in [3.63, 3.8) is 0 Å². The van der Waals surface area contributed by atoms with Gasteiger partial charge in [-0.3, -0.25) is 4.79 Å². The van der Waals surface area contributed by atoms with E-state index in [4.69, 9.17) is 10.00 Å². The predicted molar refractivity (Wildman–Crippen MR) is 68.7 cm³/mol. The second-order valence-electron chi connectivity index (χ2n) is 4.21. The van der Waals surface area contributed by atoms with Gasteiger partial charge in [-0.25, -0.2) is 4.39 Å². The van der Waals surface area contributed by atoms with Crippen LogP contribution < -0.4 is 0 Å². The van der Waals surface area contributed by atoms with Crippen LogP contribution in [-0.4, -0.2) is 31.1 Å². The molecule has 0 spiro atoms. The number of carbonyl (C=O) groups excluding carboxylic acids is 1. The molecule has 102 valence electrons. The fourth-order valence-corrected chi connectivity index (χ4v) is 1.65. The molecule has 19 heavy (non-hydrogen) atoms. The molecule has 0 amide bonds. The lowest BCUT2D eigenvalue weighted by Gasteiger charge is -2.16. The van der Waals surface area contributed by atoms with E-state index in [9.17, 15) is 9.18 Å². The fraction of sp³-hybridized carbons (Fsp3) is 0.429. The van der Waals surface area contributed by atoms with Crippen molar-refractivity contribution in [3.05, 3.63) is 35.1 Å². The first kappa shape index (κ1) is 15.1. The van der Waals surface area contributed by atoms with E-state index >= 15 is 0 Å². The van der Waals surface area contributed by atoms with Crippen LogP contribution in [0.15, 0.2) is 18.2 Å². The van der Waals surface area contributed by atoms with Crippen molar-refractivity contribution in [1.29, 1.82) is 5.26 Å². The van der Waals surface area contributed by atoms with Gasteiger partial charge in [0.25, 0.3) is 0 Å². The van der Waals surface area contributed by atoms with Gasteiger partial charge in [0.05, 0.1) is 24.7 Å². The first-order chi connectivity index (χ1) is 9.06. The Morgan fingerprint density at radius 2 is 2.26 bits per heavy atom. The molecule has 0 saturated carbocycles. The van der Waals surface area contributed by atoms with Gasteiger partial charge in [0.2, 0.25) is 0 Å². The van der Waals surface area contributed by atoms with Gasteiger partial charge < -0.3 is 9.64 Å². The molecule has 0 bridgehead atoms. The Hall–Kier alpha value is -1.93. The molecule has 0 aliphatic heterocycles. The summed E-state index contributed by atoms with van der Waals surface area (Å²) in [5.41, 5.74) is 0.876. The summed E-state index contributed by atoms with van der Waals surface area (Å²) in [4.78, 5) is 13.0. The monoisotopic (exact) mass is 264 g/mol. The van der Waals surface area contributed by atoms with E-state index in [-0.39, 0.29) is 18.2 Å². The average Bonchev–Trinajstić information content (AvgIpc) is 2.39. The van der Waals surface area contributed by atoms with Crippen molar-refractivity contribution in [2.45, 2.75) is 19.9 Å². The van der Waals surface area contributed by atoms with Gasteiger partial charge in [-0.2, -0.15) is 5.26 Å². The van der Waals surface area contributed by atoms with E-state index < -0.39 is 0 Å². The van der Waals surface area contributed by atoms with E-state index in [1.165, 1.54) is 18.2 Å². The minimum Gasteiger partial charge on any atom is -0.466 e. The molecule has 0 aliphatic carbocycles. The fourth-order valence-electron chi connectivity index (χ4n) is 1.65. The number of hydrogen-bond donors (Lipinski definition) is 0. The normalized spacial score (nSPS) is 10.3. The molecule has 0 atom stereocenters. The molecule has 0 unspecified atom stereocenters. The topological polar surface area (TPSA) is 53.3 Å². The van der Waals surface area contributed by atoms with E-state index in [0.717, 1.165) is 0 Å². The number of ether oxygens (including phenoxy) is 1. The Labute approximate surface area is 112 Å². The van der Waals surface area contributed by atoms with Crippen molar-refractivity contribution in [2.24, 2.45) is 0 Å². The van der Waals surface area contributed by atoms with E-state index in [1.54, 1.807) is 14.0 Å². The number of esters is 1. The maximum atomic E-state index is 13.6. The molecule has 4 nitrogen and oxygen atoms in total. The Morgan fingerprint density at radius 1 is 1.53 bits per heavy atom. The van der Waals surface area contributed by atoms with Crippen molar-refractivity contribution in [2.75, 3.05) is 20.2 Å². The van der Waals surface area contributed by atoms with E-state index in [2.05, 4.69) is 0 Å². The van der Waals surface area contributed by atoms with Gasteiger partial charge in [0.1, 0.15) is 5.82 Å². The minimum atomic E-state index is -0.345. The largest absolute Gasteiger partial charge is 0.466 e. The molecule has 5 heteroatoms. The van der Waals surface area contributed by atoms with Crippen LogP contribution in [0.5, 0.6) is 0 Å². The highest BCUT2D eigenvalue weighted by Gasteiger charge is 2.09. The lowest BCUT2D eigenvalue weighted by Crippen LogP contribution is -2.22. The number of nitriles is 1. The first-order valence-electron chi connectivity index (χ1n) is 6.09. The van der Waals surface area contributed by atoms with Crippen molar-refractivity contribution in [3.8, 4) is 6.07 Å². The minimum absolute atomic E-state index is 0.263. The third-order valence-corrected chi connectivity index (χ3v) is 2.62. The van der Waals surface area contributed by atoms with Crippen LogP contribution in [0.25, 0.3) is 0 Å². The summed E-state index contributed by atoms with van der Waals surface area (Å²) in [5, 5.41) is 8.78. The summed E-state index contributed by atoms with van der Waals surface area (Å²) in [7, 11) is 1.79. The number of rotatable bonds is 6. The van der Waals surface area contributed by atoms with Crippen molar-refractivity contribution in [1.82, 2.24) is 4.90 Å². The highest BCUT2D eigenvalue weighted by molar-refractivity contribution is 5.69.